The molecule has 0 saturated heterocycles. The number of allylic oxidation sites excluding steroid dienone is 1. The highest BCUT2D eigenvalue weighted by atomic mass is 19.4. The Balaban J connectivity index is 1.85. The molecule has 6 nitrogen and oxygen atoms in total. The number of nitrogens with one attached hydrogen (secondary N) is 1. The standard InChI is InChI=1S/C21H21F3N4O2/c1-13-11-20(2,3)27(4)18-8-5-14(9-16(13)18)12-25-26-17-7-6-15(21(22,23)24)10-19(17)28(29)30/h5-12,26H,1-4H3/b25-12+. The smallest absolute Gasteiger partial charge is 0.366 e. The number of nitro benzene ring substituents is 1. The van der Waals surface area contributed by atoms with Gasteiger partial charge in [-0.05, 0) is 56.2 Å². The summed E-state index contributed by atoms with van der Waals surface area (Å²) < 4.78 is 38.4. The third-order valence-corrected chi connectivity index (χ3v) is 5.16. The van der Waals surface area contributed by atoms with Crippen LogP contribution in [-0.2, 0) is 6.18 Å². The van der Waals surface area contributed by atoms with E-state index in [9.17, 15) is 23.3 Å². The van der Waals surface area contributed by atoms with Gasteiger partial charge in [0.1, 0.15) is 5.69 Å². The van der Waals surface area contributed by atoms with E-state index in [0.29, 0.717) is 6.07 Å². The SMILES string of the molecule is CC1=CC(C)(C)N(C)c2ccc(/C=N/Nc3ccc(C(F)(F)F)cc3[N+](=O)[O-])cc21. The minimum Gasteiger partial charge on any atom is -0.366 e. The summed E-state index contributed by atoms with van der Waals surface area (Å²) in [5.41, 5.74) is 4.42. The van der Waals surface area contributed by atoms with Crippen molar-refractivity contribution < 1.29 is 18.1 Å². The van der Waals surface area contributed by atoms with Crippen LogP contribution >= 0.6 is 0 Å². The summed E-state index contributed by atoms with van der Waals surface area (Å²) in [6.07, 6.45) is -1.03. The molecule has 0 atom stereocenters. The molecule has 0 unspecified atom stereocenters. The summed E-state index contributed by atoms with van der Waals surface area (Å²) in [4.78, 5) is 12.4. The number of anilines is 2. The molecule has 1 heterocycles. The molecule has 1 aliphatic heterocycles. The molecule has 0 aromatic heterocycles. The molecule has 0 amide bonds. The lowest BCUT2D eigenvalue weighted by Gasteiger charge is -2.40. The zero-order valence-electron chi connectivity index (χ0n) is 16.9. The number of halogens is 3. The van der Waals surface area contributed by atoms with E-state index in [2.05, 4.69) is 35.4 Å². The van der Waals surface area contributed by atoms with Crippen LogP contribution in [0.4, 0.5) is 30.2 Å². The van der Waals surface area contributed by atoms with Crippen molar-refractivity contribution in [2.45, 2.75) is 32.5 Å². The fraction of sp³-hybridized carbons (Fsp3) is 0.286. The first-order valence-electron chi connectivity index (χ1n) is 9.12. The first-order chi connectivity index (χ1) is 13.9. The van der Waals surface area contributed by atoms with Gasteiger partial charge >= 0.3 is 6.18 Å². The van der Waals surface area contributed by atoms with Crippen molar-refractivity contribution in [3.05, 3.63) is 69.3 Å². The third-order valence-electron chi connectivity index (χ3n) is 5.16. The van der Waals surface area contributed by atoms with Gasteiger partial charge < -0.3 is 4.90 Å². The van der Waals surface area contributed by atoms with Crippen LogP contribution in [0.5, 0.6) is 0 Å². The second-order valence-corrected chi connectivity index (χ2v) is 7.67. The van der Waals surface area contributed by atoms with Crippen molar-refractivity contribution in [1.82, 2.24) is 0 Å². The first-order valence-corrected chi connectivity index (χ1v) is 9.12. The molecule has 3 rings (SSSR count). The summed E-state index contributed by atoms with van der Waals surface area (Å²) in [7, 11) is 2.01. The predicted molar refractivity (Wildman–Crippen MR) is 112 cm³/mol. The number of hydrogen-bond donors (Lipinski definition) is 1. The van der Waals surface area contributed by atoms with Gasteiger partial charge in [0.2, 0.25) is 0 Å². The van der Waals surface area contributed by atoms with E-state index in [-0.39, 0.29) is 11.2 Å². The number of rotatable bonds is 4. The van der Waals surface area contributed by atoms with E-state index < -0.39 is 22.4 Å². The molecular weight excluding hydrogens is 397 g/mol. The summed E-state index contributed by atoms with van der Waals surface area (Å²) in [5.74, 6) is 0. The second kappa shape index (κ2) is 7.47. The maximum atomic E-state index is 12.8. The van der Waals surface area contributed by atoms with Gasteiger partial charge in [-0.1, -0.05) is 12.1 Å². The van der Waals surface area contributed by atoms with Crippen molar-refractivity contribution in [2.24, 2.45) is 5.10 Å². The van der Waals surface area contributed by atoms with E-state index in [1.54, 1.807) is 0 Å². The normalized spacial score (nSPS) is 15.7. The lowest BCUT2D eigenvalue weighted by atomic mass is 9.89. The molecule has 2 aromatic carbocycles. The van der Waals surface area contributed by atoms with Gasteiger partial charge in [-0.15, -0.1) is 0 Å². The molecule has 0 radical (unpaired) electrons. The predicted octanol–water partition coefficient (Wildman–Crippen LogP) is 5.69. The fourth-order valence-electron chi connectivity index (χ4n) is 3.39. The molecule has 30 heavy (non-hydrogen) atoms. The molecule has 0 fully saturated rings. The molecule has 1 aliphatic rings. The lowest BCUT2D eigenvalue weighted by Crippen LogP contribution is -2.42. The molecular formula is C21H21F3N4O2. The van der Waals surface area contributed by atoms with E-state index in [0.717, 1.165) is 34.5 Å². The minimum atomic E-state index is -4.66. The van der Waals surface area contributed by atoms with Crippen molar-refractivity contribution in [2.75, 3.05) is 17.4 Å². The van der Waals surface area contributed by atoms with Crippen LogP contribution in [0.3, 0.4) is 0 Å². The Hall–Kier alpha value is -3.36. The number of alkyl halides is 3. The zero-order chi connectivity index (χ0) is 22.3. The maximum absolute atomic E-state index is 12.8. The van der Waals surface area contributed by atoms with Crippen molar-refractivity contribution in [1.29, 1.82) is 0 Å². The summed E-state index contributed by atoms with van der Waals surface area (Å²) in [6, 6.07) is 8.03. The Morgan fingerprint density at radius 1 is 1.20 bits per heavy atom. The maximum Gasteiger partial charge on any atom is 0.416 e. The third kappa shape index (κ3) is 4.14. The Kier molecular flexibility index (Phi) is 5.32. The molecule has 0 saturated carbocycles. The molecule has 0 spiro atoms. The number of benzene rings is 2. The molecule has 0 bridgehead atoms. The average Bonchev–Trinajstić information content (AvgIpc) is 2.65. The Labute approximate surface area is 171 Å². The van der Waals surface area contributed by atoms with Crippen molar-refractivity contribution in [3.63, 3.8) is 0 Å². The Morgan fingerprint density at radius 3 is 2.53 bits per heavy atom. The quantitative estimate of drug-likeness (QED) is 0.393. The van der Waals surface area contributed by atoms with Gasteiger partial charge in [0.05, 0.1) is 22.2 Å². The molecule has 9 heteroatoms. The number of hydrogen-bond acceptors (Lipinski definition) is 5. The van der Waals surface area contributed by atoms with Crippen LogP contribution in [0.2, 0.25) is 0 Å². The van der Waals surface area contributed by atoms with Gasteiger partial charge in [0.15, 0.2) is 0 Å². The van der Waals surface area contributed by atoms with Gasteiger partial charge in [-0.2, -0.15) is 18.3 Å². The van der Waals surface area contributed by atoms with Gasteiger partial charge in [-0.3, -0.25) is 15.5 Å². The van der Waals surface area contributed by atoms with Crippen molar-refractivity contribution in [3.8, 4) is 0 Å². The number of fused-ring (bicyclic) bond motifs is 1. The Morgan fingerprint density at radius 2 is 1.90 bits per heavy atom. The Bertz CT molecular complexity index is 1060. The number of likely N-dealkylation sites (N-methyl/N-ethyl adjacent to an activating group) is 1. The molecule has 1 N–H and O–H groups in total. The number of nitrogens with zero attached hydrogens (tertiary/aromatic N) is 3. The topological polar surface area (TPSA) is 70.8 Å². The largest absolute Gasteiger partial charge is 0.416 e. The average molecular weight is 418 g/mol. The molecule has 2 aromatic rings. The number of nitro groups is 1. The van der Waals surface area contributed by atoms with Crippen LogP contribution in [0.15, 0.2) is 47.6 Å². The fourth-order valence-corrected chi connectivity index (χ4v) is 3.39. The van der Waals surface area contributed by atoms with Crippen LogP contribution < -0.4 is 10.3 Å². The van der Waals surface area contributed by atoms with Crippen LogP contribution in [-0.4, -0.2) is 23.7 Å². The van der Waals surface area contributed by atoms with Gasteiger partial charge in [0.25, 0.3) is 5.69 Å². The van der Waals surface area contributed by atoms with Crippen molar-refractivity contribution >= 4 is 28.8 Å². The van der Waals surface area contributed by atoms with E-state index in [1.807, 2.05) is 32.2 Å². The van der Waals surface area contributed by atoms with Gasteiger partial charge in [-0.25, -0.2) is 0 Å². The number of hydrazone groups is 1. The molecule has 158 valence electrons. The first kappa shape index (κ1) is 21.4. The summed E-state index contributed by atoms with van der Waals surface area (Å²) in [6.45, 7) is 6.27. The van der Waals surface area contributed by atoms with E-state index in [1.165, 1.54) is 6.21 Å². The minimum absolute atomic E-state index is 0.115. The highest BCUT2D eigenvalue weighted by Gasteiger charge is 2.33. The van der Waals surface area contributed by atoms with Crippen LogP contribution in [0.25, 0.3) is 5.57 Å². The highest BCUT2D eigenvalue weighted by Crippen LogP contribution is 2.38. The van der Waals surface area contributed by atoms with E-state index >= 15 is 0 Å². The van der Waals surface area contributed by atoms with Gasteiger partial charge in [0, 0.05) is 24.4 Å². The monoisotopic (exact) mass is 418 g/mol. The second-order valence-electron chi connectivity index (χ2n) is 7.67. The van der Waals surface area contributed by atoms with E-state index in [4.69, 9.17) is 0 Å². The highest BCUT2D eigenvalue weighted by molar-refractivity contribution is 5.88. The zero-order valence-corrected chi connectivity index (χ0v) is 16.9. The summed E-state index contributed by atoms with van der Waals surface area (Å²) in [5, 5.41) is 15.1. The lowest BCUT2D eigenvalue weighted by molar-refractivity contribution is -0.384. The molecule has 0 aliphatic carbocycles. The van der Waals surface area contributed by atoms with Crippen LogP contribution in [0.1, 0.15) is 37.5 Å². The summed E-state index contributed by atoms with van der Waals surface area (Å²) >= 11 is 0. The van der Waals surface area contributed by atoms with Crippen LogP contribution in [0, 0.1) is 10.1 Å².